The average molecular weight is 244 g/mol. The van der Waals surface area contributed by atoms with Crippen molar-refractivity contribution in [2.75, 3.05) is 6.61 Å². The van der Waals surface area contributed by atoms with Gasteiger partial charge in [0.15, 0.2) is 6.61 Å². The molecular weight excluding hydrogens is 233 g/mol. The van der Waals surface area contributed by atoms with Crippen LogP contribution in [0.2, 0.25) is 0 Å². The van der Waals surface area contributed by atoms with Gasteiger partial charge in [0, 0.05) is 12.8 Å². The molecule has 2 nitrogen and oxygen atoms in total. The van der Waals surface area contributed by atoms with Gasteiger partial charge in [-0.15, -0.1) is 0 Å². The van der Waals surface area contributed by atoms with Crippen LogP contribution in [0, 0.1) is 0 Å². The number of hydrogen-bond donors (Lipinski definition) is 0. The topological polar surface area (TPSA) is 26.3 Å². The smallest absolute Gasteiger partial charge is 0.422 e. The normalized spacial score (nSPS) is 16.8. The molecule has 0 amide bonds. The zero-order valence-electron chi connectivity index (χ0n) is 8.96. The Balaban J connectivity index is 1.92. The molecule has 0 saturated heterocycles. The molecule has 0 aromatic heterocycles. The number of hydrogen-bond acceptors (Lipinski definition) is 2. The van der Waals surface area contributed by atoms with Gasteiger partial charge in [-0.2, -0.15) is 13.2 Å². The Bertz CT molecular complexity index is 401. The predicted octanol–water partition coefficient (Wildman–Crippen LogP) is 3.07. The van der Waals surface area contributed by atoms with Gasteiger partial charge in [-0.05, 0) is 23.6 Å². The second kappa shape index (κ2) is 4.39. The third-order valence-corrected chi connectivity index (χ3v) is 2.70. The lowest BCUT2D eigenvalue weighted by Crippen LogP contribution is -2.21. The van der Waals surface area contributed by atoms with Crippen LogP contribution >= 0.6 is 0 Å². The van der Waals surface area contributed by atoms with Crippen LogP contribution in [0.3, 0.4) is 0 Å². The fourth-order valence-corrected chi connectivity index (χ4v) is 1.73. The minimum Gasteiger partial charge on any atom is -0.484 e. The zero-order valence-corrected chi connectivity index (χ0v) is 8.96. The largest absolute Gasteiger partial charge is 0.484 e. The summed E-state index contributed by atoms with van der Waals surface area (Å²) in [6.45, 7) is -1.28. The van der Waals surface area contributed by atoms with Crippen LogP contribution in [0.1, 0.15) is 24.3 Å². The first kappa shape index (κ1) is 12.0. The molecule has 1 aromatic carbocycles. The Kier molecular flexibility index (Phi) is 3.09. The first-order valence-corrected chi connectivity index (χ1v) is 5.25. The minimum atomic E-state index is -4.32. The highest BCUT2D eigenvalue weighted by Gasteiger charge is 2.29. The van der Waals surface area contributed by atoms with Crippen LogP contribution in [-0.4, -0.2) is 18.6 Å². The molecule has 0 spiro atoms. The molecule has 0 aliphatic heterocycles. The molecule has 0 heterocycles. The Labute approximate surface area is 96.4 Å². The summed E-state index contributed by atoms with van der Waals surface area (Å²) >= 11 is 0. The summed E-state index contributed by atoms with van der Waals surface area (Å²) < 4.78 is 40.3. The Morgan fingerprint density at radius 3 is 2.24 bits per heavy atom. The van der Waals surface area contributed by atoms with Crippen LogP contribution in [0.25, 0.3) is 0 Å². The van der Waals surface area contributed by atoms with Gasteiger partial charge in [0.2, 0.25) is 0 Å². The highest BCUT2D eigenvalue weighted by molar-refractivity contribution is 5.86. The van der Waals surface area contributed by atoms with Gasteiger partial charge in [0.25, 0.3) is 0 Å². The summed E-state index contributed by atoms with van der Waals surface area (Å²) in [7, 11) is 0. The number of alkyl halides is 3. The van der Waals surface area contributed by atoms with Crippen molar-refractivity contribution >= 4 is 5.78 Å². The number of carbonyl (C=O) groups is 1. The molecule has 1 fully saturated rings. The number of ketones is 1. The Morgan fingerprint density at radius 2 is 1.76 bits per heavy atom. The van der Waals surface area contributed by atoms with Crippen LogP contribution in [-0.2, 0) is 4.79 Å². The SMILES string of the molecule is O=C1CC(c2ccc(OCC(F)(F)F)cc2)C1. The van der Waals surface area contributed by atoms with Crippen LogP contribution < -0.4 is 4.74 Å². The van der Waals surface area contributed by atoms with E-state index in [-0.39, 0.29) is 17.5 Å². The molecule has 0 radical (unpaired) electrons. The van der Waals surface area contributed by atoms with Gasteiger partial charge in [-0.1, -0.05) is 12.1 Å². The third-order valence-electron chi connectivity index (χ3n) is 2.70. The maximum atomic E-state index is 11.9. The summed E-state index contributed by atoms with van der Waals surface area (Å²) in [5, 5.41) is 0. The molecule has 1 aromatic rings. The summed E-state index contributed by atoms with van der Waals surface area (Å²) in [4.78, 5) is 10.8. The quantitative estimate of drug-likeness (QED) is 0.816. The van der Waals surface area contributed by atoms with Gasteiger partial charge in [-0.3, -0.25) is 4.79 Å². The molecular formula is C12H11F3O2. The van der Waals surface area contributed by atoms with Gasteiger partial charge in [-0.25, -0.2) is 0 Å². The molecule has 1 saturated carbocycles. The van der Waals surface area contributed by atoms with E-state index in [0.717, 1.165) is 5.56 Å². The van der Waals surface area contributed by atoms with Crippen molar-refractivity contribution < 1.29 is 22.7 Å². The molecule has 1 aliphatic carbocycles. The molecule has 0 unspecified atom stereocenters. The fourth-order valence-electron chi connectivity index (χ4n) is 1.73. The second-order valence-electron chi connectivity index (χ2n) is 4.12. The van der Waals surface area contributed by atoms with Crippen molar-refractivity contribution in [1.29, 1.82) is 0 Å². The molecule has 1 aliphatic rings. The van der Waals surface area contributed by atoms with E-state index in [9.17, 15) is 18.0 Å². The highest BCUT2D eigenvalue weighted by atomic mass is 19.4. The second-order valence-corrected chi connectivity index (χ2v) is 4.12. The standard InChI is InChI=1S/C12H11F3O2/c13-12(14,15)7-17-11-3-1-8(2-4-11)9-5-10(16)6-9/h1-4,9H,5-7H2. The number of ether oxygens (including phenoxy) is 1. The van der Waals surface area contributed by atoms with Gasteiger partial charge >= 0.3 is 6.18 Å². The monoisotopic (exact) mass is 244 g/mol. The summed E-state index contributed by atoms with van der Waals surface area (Å²) in [6, 6.07) is 6.43. The Morgan fingerprint density at radius 1 is 1.18 bits per heavy atom. The number of Topliss-reactive ketones (excluding diaryl/α,β-unsaturated/α-hetero) is 1. The third kappa shape index (κ3) is 3.22. The zero-order chi connectivity index (χ0) is 12.5. The lowest BCUT2D eigenvalue weighted by Gasteiger charge is -2.24. The van der Waals surface area contributed by atoms with Gasteiger partial charge < -0.3 is 4.74 Å². The minimum absolute atomic E-state index is 0.191. The van der Waals surface area contributed by atoms with Crippen molar-refractivity contribution in [3.63, 3.8) is 0 Å². The molecule has 5 heteroatoms. The molecule has 2 rings (SSSR count). The predicted molar refractivity (Wildman–Crippen MR) is 55.0 cm³/mol. The van der Waals surface area contributed by atoms with Crippen LogP contribution in [0.15, 0.2) is 24.3 Å². The van der Waals surface area contributed by atoms with E-state index in [1.165, 1.54) is 12.1 Å². The number of carbonyl (C=O) groups excluding carboxylic acids is 1. The molecule has 92 valence electrons. The van der Waals surface area contributed by atoms with Crippen LogP contribution in [0.5, 0.6) is 5.75 Å². The van der Waals surface area contributed by atoms with E-state index < -0.39 is 12.8 Å². The fraction of sp³-hybridized carbons (Fsp3) is 0.417. The van der Waals surface area contributed by atoms with Crippen molar-refractivity contribution in [2.24, 2.45) is 0 Å². The van der Waals surface area contributed by atoms with Crippen LogP contribution in [0.4, 0.5) is 13.2 Å². The average Bonchev–Trinajstić information content (AvgIpc) is 2.22. The first-order chi connectivity index (χ1) is 7.94. The highest BCUT2D eigenvalue weighted by Crippen LogP contribution is 2.34. The molecule has 0 atom stereocenters. The molecule has 17 heavy (non-hydrogen) atoms. The van der Waals surface area contributed by atoms with E-state index in [1.54, 1.807) is 12.1 Å². The molecule has 0 bridgehead atoms. The lowest BCUT2D eigenvalue weighted by atomic mass is 9.79. The first-order valence-electron chi connectivity index (χ1n) is 5.25. The van der Waals surface area contributed by atoms with E-state index in [2.05, 4.69) is 4.74 Å². The maximum Gasteiger partial charge on any atom is 0.422 e. The lowest BCUT2D eigenvalue weighted by molar-refractivity contribution is -0.153. The Hall–Kier alpha value is -1.52. The van der Waals surface area contributed by atoms with Gasteiger partial charge in [0.05, 0.1) is 0 Å². The molecule has 0 N–H and O–H groups in total. The van der Waals surface area contributed by atoms with Gasteiger partial charge in [0.1, 0.15) is 11.5 Å². The summed E-state index contributed by atoms with van der Waals surface area (Å²) in [5.41, 5.74) is 0.976. The van der Waals surface area contributed by atoms with Crippen molar-refractivity contribution in [3.8, 4) is 5.75 Å². The van der Waals surface area contributed by atoms with E-state index >= 15 is 0 Å². The maximum absolute atomic E-state index is 11.9. The number of halogens is 3. The summed E-state index contributed by atoms with van der Waals surface area (Å²) in [5.74, 6) is 0.642. The van der Waals surface area contributed by atoms with Crippen molar-refractivity contribution in [2.45, 2.75) is 24.9 Å². The van der Waals surface area contributed by atoms with E-state index in [4.69, 9.17) is 0 Å². The van der Waals surface area contributed by atoms with E-state index in [1.807, 2.05) is 0 Å². The van der Waals surface area contributed by atoms with Crippen molar-refractivity contribution in [3.05, 3.63) is 29.8 Å². The van der Waals surface area contributed by atoms with Crippen molar-refractivity contribution in [1.82, 2.24) is 0 Å². The number of rotatable bonds is 3. The van der Waals surface area contributed by atoms with E-state index in [0.29, 0.717) is 12.8 Å². The summed E-state index contributed by atoms with van der Waals surface area (Å²) in [6.07, 6.45) is -3.26. The number of benzene rings is 1.